The Labute approximate surface area is 98.4 Å². The highest BCUT2D eigenvalue weighted by Gasteiger charge is 2.30. The van der Waals surface area contributed by atoms with Crippen LogP contribution in [-0.4, -0.2) is 11.3 Å². The second kappa shape index (κ2) is 4.62. The summed E-state index contributed by atoms with van der Waals surface area (Å²) in [5.74, 6) is 0.424. The van der Waals surface area contributed by atoms with Gasteiger partial charge in [0.15, 0.2) is 5.51 Å². The predicted molar refractivity (Wildman–Crippen MR) is 54.1 cm³/mol. The third-order valence-electron chi connectivity index (χ3n) is 1.65. The van der Waals surface area contributed by atoms with E-state index in [0.717, 1.165) is 0 Å². The predicted octanol–water partition coefficient (Wildman–Crippen LogP) is 3.63. The van der Waals surface area contributed by atoms with Crippen LogP contribution in [0.4, 0.5) is 13.2 Å². The molecule has 89 valence electrons. The molecule has 0 amide bonds. The van der Waals surface area contributed by atoms with Crippen LogP contribution in [-0.2, 0) is 0 Å². The van der Waals surface area contributed by atoms with E-state index in [2.05, 4.69) is 15.2 Å². The van der Waals surface area contributed by atoms with E-state index in [-0.39, 0.29) is 5.75 Å². The van der Waals surface area contributed by atoms with Crippen LogP contribution < -0.4 is 9.47 Å². The van der Waals surface area contributed by atoms with E-state index >= 15 is 0 Å². The highest BCUT2D eigenvalue weighted by atomic mass is 32.1. The molecule has 0 unspecified atom stereocenters. The van der Waals surface area contributed by atoms with E-state index in [1.165, 1.54) is 35.6 Å². The van der Waals surface area contributed by atoms with Gasteiger partial charge in [-0.05, 0) is 24.3 Å². The molecule has 0 aliphatic rings. The SMILES string of the molecule is FC(F)(F)Oc1ccc(Oc2cs[c]n2)cc1. The average molecular weight is 260 g/mol. The summed E-state index contributed by atoms with van der Waals surface area (Å²) in [5, 5.41) is 1.63. The van der Waals surface area contributed by atoms with Gasteiger partial charge in [-0.1, -0.05) is 0 Å². The lowest BCUT2D eigenvalue weighted by Gasteiger charge is -2.09. The van der Waals surface area contributed by atoms with E-state index in [1.54, 1.807) is 5.38 Å². The third-order valence-corrected chi connectivity index (χ3v) is 2.16. The third kappa shape index (κ3) is 3.63. The van der Waals surface area contributed by atoms with Gasteiger partial charge in [0, 0.05) is 0 Å². The first-order valence-electron chi connectivity index (χ1n) is 4.38. The summed E-state index contributed by atoms with van der Waals surface area (Å²) >= 11 is 1.24. The molecule has 0 atom stereocenters. The molecule has 1 aromatic heterocycles. The maximum absolute atomic E-state index is 11.9. The number of nitrogens with zero attached hydrogens (tertiary/aromatic N) is 1. The summed E-state index contributed by atoms with van der Waals surface area (Å²) in [7, 11) is 0. The molecule has 0 saturated heterocycles. The first-order valence-corrected chi connectivity index (χ1v) is 5.26. The van der Waals surface area contributed by atoms with Crippen LogP contribution >= 0.6 is 11.3 Å². The van der Waals surface area contributed by atoms with E-state index in [1.807, 2.05) is 0 Å². The maximum Gasteiger partial charge on any atom is 0.573 e. The molecule has 2 rings (SSSR count). The van der Waals surface area contributed by atoms with Gasteiger partial charge in [-0.25, -0.2) is 0 Å². The fourth-order valence-corrected chi connectivity index (χ4v) is 1.45. The van der Waals surface area contributed by atoms with Gasteiger partial charge in [-0.3, -0.25) is 0 Å². The summed E-state index contributed by atoms with van der Waals surface area (Å²) in [6.07, 6.45) is -4.69. The Hall–Kier alpha value is -1.76. The number of thiazole rings is 1. The second-order valence-corrected chi connectivity index (χ2v) is 3.55. The highest BCUT2D eigenvalue weighted by molar-refractivity contribution is 7.07. The first kappa shape index (κ1) is 11.7. The smallest absolute Gasteiger partial charge is 0.438 e. The average Bonchev–Trinajstić information content (AvgIpc) is 2.71. The van der Waals surface area contributed by atoms with Crippen molar-refractivity contribution >= 4 is 11.3 Å². The number of ether oxygens (including phenoxy) is 2. The fraction of sp³-hybridized carbons (Fsp3) is 0.100. The van der Waals surface area contributed by atoms with E-state index in [4.69, 9.17) is 4.74 Å². The summed E-state index contributed by atoms with van der Waals surface area (Å²) in [6.45, 7) is 0. The van der Waals surface area contributed by atoms with Crippen LogP contribution in [0.1, 0.15) is 0 Å². The molecule has 0 aliphatic carbocycles. The largest absolute Gasteiger partial charge is 0.573 e. The number of aromatic nitrogens is 1. The Balaban J connectivity index is 2.03. The lowest BCUT2D eigenvalue weighted by atomic mass is 10.3. The van der Waals surface area contributed by atoms with Gasteiger partial charge >= 0.3 is 6.36 Å². The Morgan fingerprint density at radius 1 is 1.12 bits per heavy atom. The summed E-state index contributed by atoms with van der Waals surface area (Å²) in [4.78, 5) is 3.75. The molecule has 1 aromatic carbocycles. The van der Waals surface area contributed by atoms with Gasteiger partial charge in [0.05, 0.1) is 5.38 Å². The van der Waals surface area contributed by atoms with Crippen molar-refractivity contribution in [1.82, 2.24) is 4.98 Å². The molecule has 0 N–H and O–H groups in total. The van der Waals surface area contributed by atoms with Crippen molar-refractivity contribution in [3.63, 3.8) is 0 Å². The minimum absolute atomic E-state index is 0.297. The number of halogens is 3. The van der Waals surface area contributed by atoms with Gasteiger partial charge < -0.3 is 9.47 Å². The number of rotatable bonds is 3. The van der Waals surface area contributed by atoms with Gasteiger partial charge in [0.1, 0.15) is 11.5 Å². The molecule has 0 saturated carbocycles. The van der Waals surface area contributed by atoms with Gasteiger partial charge in [0.25, 0.3) is 0 Å². The lowest BCUT2D eigenvalue weighted by molar-refractivity contribution is -0.274. The second-order valence-electron chi connectivity index (χ2n) is 2.90. The standard InChI is InChI=1S/C10H5F3NO2S/c11-10(12,13)16-8-3-1-7(2-4-8)15-9-5-17-6-14-9/h1-5H. The molecule has 2 aromatic rings. The fourth-order valence-electron chi connectivity index (χ4n) is 1.05. The summed E-state index contributed by atoms with van der Waals surface area (Å²) < 4.78 is 44.6. The molecule has 0 fully saturated rings. The van der Waals surface area contributed by atoms with Crippen LogP contribution in [0.3, 0.4) is 0 Å². The topological polar surface area (TPSA) is 31.4 Å². The zero-order valence-electron chi connectivity index (χ0n) is 8.19. The van der Waals surface area contributed by atoms with Crippen LogP contribution in [0.25, 0.3) is 0 Å². The van der Waals surface area contributed by atoms with Crippen LogP contribution in [0.2, 0.25) is 0 Å². The monoisotopic (exact) mass is 260 g/mol. The maximum atomic E-state index is 11.9. The summed E-state index contributed by atoms with van der Waals surface area (Å²) in [6, 6.07) is 5.05. The van der Waals surface area contributed by atoms with Crippen molar-refractivity contribution in [3.8, 4) is 17.4 Å². The van der Waals surface area contributed by atoms with Crippen LogP contribution in [0, 0.1) is 5.51 Å². The van der Waals surface area contributed by atoms with Crippen molar-refractivity contribution < 1.29 is 22.6 Å². The van der Waals surface area contributed by atoms with E-state index < -0.39 is 6.36 Å². The van der Waals surface area contributed by atoms with Gasteiger partial charge in [0.2, 0.25) is 5.88 Å². The minimum atomic E-state index is -4.69. The van der Waals surface area contributed by atoms with Crippen molar-refractivity contribution in [2.45, 2.75) is 6.36 Å². The number of hydrogen-bond acceptors (Lipinski definition) is 4. The Morgan fingerprint density at radius 3 is 2.29 bits per heavy atom. The Morgan fingerprint density at radius 2 is 1.76 bits per heavy atom. The molecule has 0 bridgehead atoms. The number of hydrogen-bond donors (Lipinski definition) is 0. The summed E-state index contributed by atoms with van der Waals surface area (Å²) in [5.41, 5.74) is 2.59. The van der Waals surface area contributed by atoms with E-state index in [0.29, 0.717) is 11.6 Å². The zero-order valence-corrected chi connectivity index (χ0v) is 9.01. The van der Waals surface area contributed by atoms with Crippen LogP contribution in [0.5, 0.6) is 17.4 Å². The van der Waals surface area contributed by atoms with Crippen molar-refractivity contribution in [1.29, 1.82) is 0 Å². The Kier molecular flexibility index (Phi) is 3.19. The van der Waals surface area contributed by atoms with Gasteiger partial charge in [-0.15, -0.1) is 24.5 Å². The zero-order chi connectivity index (χ0) is 12.3. The first-order chi connectivity index (χ1) is 8.03. The Bertz CT molecular complexity index is 467. The number of alkyl halides is 3. The molecule has 17 heavy (non-hydrogen) atoms. The molecule has 0 spiro atoms. The molecular weight excluding hydrogens is 255 g/mol. The van der Waals surface area contributed by atoms with Gasteiger partial charge in [-0.2, -0.15) is 4.98 Å². The molecule has 0 aliphatic heterocycles. The van der Waals surface area contributed by atoms with Crippen molar-refractivity contribution in [3.05, 3.63) is 35.2 Å². The molecule has 7 heteroatoms. The quantitative estimate of drug-likeness (QED) is 0.844. The highest BCUT2D eigenvalue weighted by Crippen LogP contribution is 2.26. The molecule has 3 nitrogen and oxygen atoms in total. The lowest BCUT2D eigenvalue weighted by Crippen LogP contribution is -2.16. The van der Waals surface area contributed by atoms with Crippen molar-refractivity contribution in [2.24, 2.45) is 0 Å². The van der Waals surface area contributed by atoms with Crippen molar-refractivity contribution in [2.75, 3.05) is 0 Å². The molecule has 1 radical (unpaired) electrons. The normalized spacial score (nSPS) is 11.2. The molecule has 1 heterocycles. The minimum Gasteiger partial charge on any atom is -0.438 e. The molecular formula is C10H5F3NO2S. The van der Waals surface area contributed by atoms with Crippen LogP contribution in [0.15, 0.2) is 29.6 Å². The number of benzene rings is 1. The van der Waals surface area contributed by atoms with E-state index in [9.17, 15) is 13.2 Å².